The van der Waals surface area contributed by atoms with Crippen molar-refractivity contribution >= 4 is 28.8 Å². The summed E-state index contributed by atoms with van der Waals surface area (Å²) >= 11 is 1.48. The molecule has 0 aliphatic carbocycles. The second-order valence-electron chi connectivity index (χ2n) is 13.3. The monoisotopic (exact) mass is 710 g/mol. The first kappa shape index (κ1) is 36.0. The van der Waals surface area contributed by atoms with Gasteiger partial charge in [-0.25, -0.2) is 4.98 Å². The largest absolute Gasteiger partial charge is 0.507 e. The highest BCUT2D eigenvalue weighted by atomic mass is 32.2. The van der Waals surface area contributed by atoms with Crippen LogP contribution in [0, 0.1) is 20.8 Å². The molecule has 268 valence electrons. The molecule has 5 aromatic rings. The van der Waals surface area contributed by atoms with E-state index in [4.69, 9.17) is 28.7 Å². The van der Waals surface area contributed by atoms with E-state index in [2.05, 4.69) is 6.92 Å². The van der Waals surface area contributed by atoms with Crippen LogP contribution in [0.4, 0.5) is 0 Å². The summed E-state index contributed by atoms with van der Waals surface area (Å²) in [6.45, 7) is 10.8. The second kappa shape index (κ2) is 15.2. The van der Waals surface area contributed by atoms with Crippen molar-refractivity contribution in [1.29, 1.82) is 0 Å². The number of aryl methyl sites for hydroxylation is 1. The molecule has 0 bridgehead atoms. The lowest BCUT2D eigenvalue weighted by Gasteiger charge is -2.37. The number of hydrogen-bond donors (Lipinski definition) is 1. The van der Waals surface area contributed by atoms with E-state index >= 15 is 0 Å². The maximum Gasteiger partial charge on any atom is 0.319 e. The van der Waals surface area contributed by atoms with Crippen LogP contribution in [0.5, 0.6) is 28.7 Å². The Hall–Kier alpha value is -4.83. The zero-order valence-corrected chi connectivity index (χ0v) is 31.2. The molecule has 1 aromatic heterocycles. The summed E-state index contributed by atoms with van der Waals surface area (Å²) in [5.74, 6) is 4.00. The Morgan fingerprint density at radius 2 is 1.69 bits per heavy atom. The number of carbonyl (C=O) groups excluding carboxylic acids is 1. The van der Waals surface area contributed by atoms with Gasteiger partial charge in [0.15, 0.2) is 0 Å². The molecule has 6 rings (SSSR count). The van der Waals surface area contributed by atoms with Crippen LogP contribution in [0.2, 0.25) is 0 Å². The highest BCUT2D eigenvalue weighted by molar-refractivity contribution is 8.00. The Balaban J connectivity index is 1.07. The number of esters is 1. The van der Waals surface area contributed by atoms with Gasteiger partial charge in [0.05, 0.1) is 24.8 Å². The molecule has 2 heterocycles. The number of aromatic hydroxyl groups is 1. The van der Waals surface area contributed by atoms with E-state index in [1.54, 1.807) is 7.11 Å². The van der Waals surface area contributed by atoms with Gasteiger partial charge >= 0.3 is 5.97 Å². The minimum atomic E-state index is -0.501. The Morgan fingerprint density at radius 3 is 2.39 bits per heavy atom. The average Bonchev–Trinajstić information content (AvgIpc) is 3.46. The van der Waals surface area contributed by atoms with Crippen molar-refractivity contribution < 1.29 is 33.6 Å². The minimum Gasteiger partial charge on any atom is -0.507 e. The lowest BCUT2D eigenvalue weighted by Crippen LogP contribution is -2.42. The van der Waals surface area contributed by atoms with Gasteiger partial charge in [0.2, 0.25) is 0 Å². The van der Waals surface area contributed by atoms with Crippen LogP contribution in [0.3, 0.4) is 0 Å². The number of aromatic nitrogens is 2. The Morgan fingerprint density at radius 1 is 0.980 bits per heavy atom. The fourth-order valence-corrected chi connectivity index (χ4v) is 7.44. The van der Waals surface area contributed by atoms with Gasteiger partial charge < -0.3 is 33.4 Å². The molecule has 0 fully saturated rings. The van der Waals surface area contributed by atoms with Crippen molar-refractivity contribution in [3.05, 3.63) is 100 Å². The third kappa shape index (κ3) is 7.91. The first-order valence-electron chi connectivity index (χ1n) is 17.3. The van der Waals surface area contributed by atoms with Gasteiger partial charge in [0.1, 0.15) is 58.6 Å². The normalized spacial score (nSPS) is 15.9. The molecule has 0 amide bonds. The molecule has 4 aromatic carbocycles. The zero-order chi connectivity index (χ0) is 36.3. The topological polar surface area (TPSA) is 101 Å². The molecule has 0 spiro atoms. The highest BCUT2D eigenvalue weighted by Gasteiger charge is 2.35. The summed E-state index contributed by atoms with van der Waals surface area (Å²) in [6.07, 6.45) is 2.13. The first-order chi connectivity index (χ1) is 24.5. The van der Waals surface area contributed by atoms with E-state index in [1.165, 1.54) is 11.8 Å². The van der Waals surface area contributed by atoms with Gasteiger partial charge in [0, 0.05) is 23.6 Å². The summed E-state index contributed by atoms with van der Waals surface area (Å²) < 4.78 is 31.7. The fourth-order valence-electron chi connectivity index (χ4n) is 6.38. The molecule has 9 nitrogen and oxygen atoms in total. The van der Waals surface area contributed by atoms with E-state index in [1.807, 2.05) is 106 Å². The van der Waals surface area contributed by atoms with Crippen LogP contribution in [0.25, 0.3) is 11.0 Å². The lowest BCUT2D eigenvalue weighted by atomic mass is 9.87. The Labute approximate surface area is 303 Å². The van der Waals surface area contributed by atoms with E-state index in [0.29, 0.717) is 37.7 Å². The number of benzene rings is 4. The Kier molecular flexibility index (Phi) is 10.7. The minimum absolute atomic E-state index is 0.238. The Bertz CT molecular complexity index is 2020. The van der Waals surface area contributed by atoms with Crippen molar-refractivity contribution in [1.82, 2.24) is 9.55 Å². The molecule has 0 saturated carbocycles. The number of thioether (sulfide) groups is 1. The van der Waals surface area contributed by atoms with E-state index in [-0.39, 0.29) is 11.2 Å². The molecular weight excluding hydrogens is 665 g/mol. The van der Waals surface area contributed by atoms with Crippen LogP contribution in [0.1, 0.15) is 53.9 Å². The third-order valence-electron chi connectivity index (χ3n) is 9.68. The SMILES string of the molecule is CCOC(=O)C(Cc1ccc(OCc2nc3ccc(OCC4(C)CCc5c(C)c(O)c(C)c(C)c5O4)cc3n2C)cc1)Sc1ccc(OC)cc1. The second-order valence-corrected chi connectivity index (χ2v) is 14.6. The van der Waals surface area contributed by atoms with Crippen LogP contribution < -0.4 is 18.9 Å². The molecular formula is C41H46N2O7S. The van der Waals surface area contributed by atoms with E-state index in [9.17, 15) is 9.90 Å². The molecule has 10 heteroatoms. The molecule has 0 saturated heterocycles. The summed E-state index contributed by atoms with van der Waals surface area (Å²) in [4.78, 5) is 18.6. The number of nitrogens with zero attached hydrogens (tertiary/aromatic N) is 2. The number of imidazole rings is 1. The molecule has 51 heavy (non-hydrogen) atoms. The molecule has 1 aliphatic heterocycles. The lowest BCUT2D eigenvalue weighted by molar-refractivity contribution is -0.142. The number of rotatable bonds is 13. The van der Waals surface area contributed by atoms with Crippen molar-refractivity contribution in [2.75, 3.05) is 20.3 Å². The van der Waals surface area contributed by atoms with Gasteiger partial charge in [-0.05, 0) is 125 Å². The number of phenolic OH excluding ortho intramolecular Hbond substituents is 1. The molecule has 1 aliphatic rings. The van der Waals surface area contributed by atoms with Gasteiger partial charge in [0.25, 0.3) is 0 Å². The molecule has 2 atom stereocenters. The predicted octanol–water partition coefficient (Wildman–Crippen LogP) is 8.22. The smallest absolute Gasteiger partial charge is 0.319 e. The quantitative estimate of drug-likeness (QED) is 0.0957. The maximum absolute atomic E-state index is 12.8. The van der Waals surface area contributed by atoms with Crippen molar-refractivity contribution in [3.63, 3.8) is 0 Å². The first-order valence-corrected chi connectivity index (χ1v) is 18.1. The molecule has 1 N–H and O–H groups in total. The summed E-state index contributed by atoms with van der Waals surface area (Å²) in [5, 5.41) is 10.1. The number of hydrogen-bond acceptors (Lipinski definition) is 9. The van der Waals surface area contributed by atoms with Crippen LogP contribution >= 0.6 is 11.8 Å². The van der Waals surface area contributed by atoms with Crippen molar-refractivity contribution in [3.8, 4) is 28.7 Å². The van der Waals surface area contributed by atoms with E-state index < -0.39 is 5.60 Å². The number of ether oxygens (including phenoxy) is 5. The molecule has 0 radical (unpaired) electrons. The highest BCUT2D eigenvalue weighted by Crippen LogP contribution is 2.43. The van der Waals surface area contributed by atoms with Gasteiger partial charge in [-0.1, -0.05) is 12.1 Å². The number of carbonyl (C=O) groups is 1. The summed E-state index contributed by atoms with van der Waals surface area (Å²) in [7, 11) is 3.61. The predicted molar refractivity (Wildman–Crippen MR) is 200 cm³/mol. The van der Waals surface area contributed by atoms with Gasteiger partial charge in [-0.15, -0.1) is 11.8 Å². The summed E-state index contributed by atoms with van der Waals surface area (Å²) in [5.41, 5.74) is 6.12. The van der Waals surface area contributed by atoms with Crippen LogP contribution in [-0.4, -0.2) is 51.8 Å². The van der Waals surface area contributed by atoms with Crippen LogP contribution in [-0.2, 0) is 36.0 Å². The van der Waals surface area contributed by atoms with E-state index in [0.717, 1.165) is 79.7 Å². The van der Waals surface area contributed by atoms with Gasteiger partial charge in [-0.2, -0.15) is 0 Å². The van der Waals surface area contributed by atoms with Gasteiger partial charge in [-0.3, -0.25) is 4.79 Å². The standard InChI is InChI=1S/C41H46N2O7S/c1-8-47-40(45)36(51-32-16-13-29(46-7)14-17-32)21-28-9-11-30(12-10-28)48-23-37-42-34-18-15-31(22-35(34)43(37)6)49-24-41(5)20-19-33-27(4)38(44)25(2)26(3)39(33)50-41/h9-18,22,36,44H,8,19-21,23-24H2,1-7H3. The number of methoxy groups -OCH3 is 1. The zero-order valence-electron chi connectivity index (χ0n) is 30.4. The fraction of sp³-hybridized carbons (Fsp3) is 0.366. The third-order valence-corrected chi connectivity index (χ3v) is 10.9. The molecule has 2 unspecified atom stereocenters. The number of fused-ring (bicyclic) bond motifs is 2. The van der Waals surface area contributed by atoms with Crippen molar-refractivity contribution in [2.45, 2.75) is 76.2 Å². The maximum atomic E-state index is 12.8. The average molecular weight is 711 g/mol. The number of phenols is 1. The summed E-state index contributed by atoms with van der Waals surface area (Å²) in [6, 6.07) is 21.4. The van der Waals surface area contributed by atoms with Crippen molar-refractivity contribution in [2.24, 2.45) is 7.05 Å². The van der Waals surface area contributed by atoms with Crippen LogP contribution in [0.15, 0.2) is 71.6 Å².